The first-order chi connectivity index (χ1) is 12.7. The first-order valence-electron chi connectivity index (χ1n) is 7.94. The Kier molecular flexibility index (Phi) is 5.52. The minimum absolute atomic E-state index is 0.202. The maximum Gasteiger partial charge on any atom is 0.335 e. The van der Waals surface area contributed by atoms with Crippen molar-refractivity contribution in [1.82, 2.24) is 0 Å². The average Bonchev–Trinajstić information content (AvgIpc) is 2.68. The standard InChI is InChI=1S/C22H15NO2S/c23-15-19(17-8-10-18(11-9-17)22(24)25)14-16-6-12-21(13-7-16)26-20-4-2-1-3-5-20/h1-14H,(H,24,25)/b19-14-. The zero-order valence-corrected chi connectivity index (χ0v) is 14.6. The molecule has 0 amide bonds. The number of aromatic carboxylic acids is 1. The molecule has 3 rings (SSSR count). The molecule has 0 bridgehead atoms. The smallest absolute Gasteiger partial charge is 0.335 e. The summed E-state index contributed by atoms with van der Waals surface area (Å²) in [5.41, 5.74) is 2.31. The average molecular weight is 357 g/mol. The summed E-state index contributed by atoms with van der Waals surface area (Å²) in [6.45, 7) is 0. The van der Waals surface area contributed by atoms with Gasteiger partial charge in [0.15, 0.2) is 0 Å². The Bertz CT molecular complexity index is 969. The van der Waals surface area contributed by atoms with Crippen LogP contribution in [0.3, 0.4) is 0 Å². The van der Waals surface area contributed by atoms with Gasteiger partial charge in [-0.2, -0.15) is 5.26 Å². The van der Waals surface area contributed by atoms with Gasteiger partial charge < -0.3 is 5.11 Å². The van der Waals surface area contributed by atoms with Crippen LogP contribution in [0, 0.1) is 11.3 Å². The van der Waals surface area contributed by atoms with E-state index in [1.54, 1.807) is 30.0 Å². The monoisotopic (exact) mass is 357 g/mol. The molecule has 0 aliphatic carbocycles. The Labute approximate surface area is 156 Å². The van der Waals surface area contributed by atoms with E-state index in [4.69, 9.17) is 5.11 Å². The zero-order chi connectivity index (χ0) is 18.4. The molecular formula is C22H15NO2S. The summed E-state index contributed by atoms with van der Waals surface area (Å²) in [7, 11) is 0. The van der Waals surface area contributed by atoms with Crippen molar-refractivity contribution in [2.45, 2.75) is 9.79 Å². The van der Waals surface area contributed by atoms with E-state index in [1.165, 1.54) is 17.0 Å². The highest BCUT2D eigenvalue weighted by Gasteiger charge is 2.05. The number of hydrogen-bond donors (Lipinski definition) is 1. The highest BCUT2D eigenvalue weighted by atomic mass is 32.2. The number of rotatable bonds is 5. The zero-order valence-electron chi connectivity index (χ0n) is 13.8. The first-order valence-corrected chi connectivity index (χ1v) is 8.76. The Morgan fingerprint density at radius 2 is 1.42 bits per heavy atom. The molecule has 0 radical (unpaired) electrons. The van der Waals surface area contributed by atoms with Crippen molar-refractivity contribution >= 4 is 29.4 Å². The highest BCUT2D eigenvalue weighted by Crippen LogP contribution is 2.28. The first kappa shape index (κ1) is 17.5. The molecule has 3 aromatic rings. The van der Waals surface area contributed by atoms with Crippen LogP contribution in [0.4, 0.5) is 0 Å². The van der Waals surface area contributed by atoms with Gasteiger partial charge in [-0.15, -0.1) is 0 Å². The maximum atomic E-state index is 10.9. The number of benzene rings is 3. The molecule has 0 saturated carbocycles. The van der Waals surface area contributed by atoms with Crippen LogP contribution in [0.5, 0.6) is 0 Å². The lowest BCUT2D eigenvalue weighted by atomic mass is 10.0. The van der Waals surface area contributed by atoms with Crippen molar-refractivity contribution in [3.8, 4) is 6.07 Å². The van der Waals surface area contributed by atoms with E-state index in [9.17, 15) is 10.1 Å². The molecule has 0 spiro atoms. The van der Waals surface area contributed by atoms with Gasteiger partial charge in [0.05, 0.1) is 17.2 Å². The molecule has 3 aromatic carbocycles. The molecule has 0 saturated heterocycles. The van der Waals surface area contributed by atoms with Crippen molar-refractivity contribution in [2.75, 3.05) is 0 Å². The van der Waals surface area contributed by atoms with Gasteiger partial charge in [-0.3, -0.25) is 0 Å². The van der Waals surface area contributed by atoms with Gasteiger partial charge in [0.1, 0.15) is 0 Å². The van der Waals surface area contributed by atoms with Gasteiger partial charge in [-0.25, -0.2) is 4.79 Å². The molecular weight excluding hydrogens is 342 g/mol. The minimum Gasteiger partial charge on any atom is -0.478 e. The van der Waals surface area contributed by atoms with Crippen LogP contribution in [-0.4, -0.2) is 11.1 Å². The van der Waals surface area contributed by atoms with E-state index >= 15 is 0 Å². The lowest BCUT2D eigenvalue weighted by Gasteiger charge is -2.03. The second-order valence-corrected chi connectivity index (χ2v) is 6.68. The summed E-state index contributed by atoms with van der Waals surface area (Å²) in [4.78, 5) is 13.2. The van der Waals surface area contributed by atoms with Gasteiger partial charge >= 0.3 is 5.97 Å². The van der Waals surface area contributed by atoms with Crippen LogP contribution >= 0.6 is 11.8 Å². The number of allylic oxidation sites excluding steroid dienone is 1. The van der Waals surface area contributed by atoms with Crippen molar-refractivity contribution in [3.63, 3.8) is 0 Å². The summed E-state index contributed by atoms with van der Waals surface area (Å²) in [5.74, 6) is -0.981. The van der Waals surface area contributed by atoms with Crippen molar-refractivity contribution in [3.05, 3.63) is 95.6 Å². The van der Waals surface area contributed by atoms with Gasteiger partial charge in [-0.1, -0.05) is 54.2 Å². The van der Waals surface area contributed by atoms with E-state index in [1.807, 2.05) is 42.5 Å². The Morgan fingerprint density at radius 3 is 2.00 bits per heavy atom. The van der Waals surface area contributed by atoms with Crippen LogP contribution in [-0.2, 0) is 0 Å². The van der Waals surface area contributed by atoms with Crippen LogP contribution in [0.15, 0.2) is 88.7 Å². The number of carboxylic acid groups (broad SMARTS) is 1. The van der Waals surface area contributed by atoms with E-state index in [0.29, 0.717) is 11.1 Å². The Balaban J connectivity index is 1.79. The molecule has 0 atom stereocenters. The molecule has 1 N–H and O–H groups in total. The molecule has 0 fully saturated rings. The second kappa shape index (κ2) is 8.19. The van der Waals surface area contributed by atoms with E-state index in [2.05, 4.69) is 18.2 Å². The molecule has 0 aliphatic heterocycles. The van der Waals surface area contributed by atoms with Gasteiger partial charge in [0.2, 0.25) is 0 Å². The van der Waals surface area contributed by atoms with Crippen LogP contribution in [0.1, 0.15) is 21.5 Å². The molecule has 4 heteroatoms. The number of hydrogen-bond acceptors (Lipinski definition) is 3. The van der Waals surface area contributed by atoms with E-state index in [-0.39, 0.29) is 5.56 Å². The van der Waals surface area contributed by atoms with Gasteiger partial charge in [0.25, 0.3) is 0 Å². The largest absolute Gasteiger partial charge is 0.478 e. The van der Waals surface area contributed by atoms with Crippen molar-refractivity contribution in [1.29, 1.82) is 5.26 Å². The van der Waals surface area contributed by atoms with Crippen LogP contribution in [0.25, 0.3) is 11.6 Å². The van der Waals surface area contributed by atoms with Crippen molar-refractivity contribution < 1.29 is 9.90 Å². The number of carboxylic acids is 1. The summed E-state index contributed by atoms with van der Waals surface area (Å²) < 4.78 is 0. The van der Waals surface area contributed by atoms with E-state index < -0.39 is 5.97 Å². The molecule has 26 heavy (non-hydrogen) atoms. The predicted molar refractivity (Wildman–Crippen MR) is 104 cm³/mol. The molecule has 0 aliphatic rings. The molecule has 126 valence electrons. The fourth-order valence-electron chi connectivity index (χ4n) is 2.40. The van der Waals surface area contributed by atoms with Crippen LogP contribution < -0.4 is 0 Å². The summed E-state index contributed by atoms with van der Waals surface area (Å²) in [5, 5.41) is 18.4. The predicted octanol–water partition coefficient (Wildman–Crippen LogP) is 5.60. The summed E-state index contributed by atoms with van der Waals surface area (Å²) in [6, 6.07) is 26.6. The third-order valence-electron chi connectivity index (χ3n) is 3.73. The third-order valence-corrected chi connectivity index (χ3v) is 4.75. The molecule has 0 heterocycles. The fraction of sp³-hybridized carbons (Fsp3) is 0. The fourth-order valence-corrected chi connectivity index (χ4v) is 3.23. The van der Waals surface area contributed by atoms with Gasteiger partial charge in [-0.05, 0) is 53.6 Å². The second-order valence-electron chi connectivity index (χ2n) is 5.54. The number of carbonyl (C=O) groups is 1. The molecule has 3 nitrogen and oxygen atoms in total. The van der Waals surface area contributed by atoms with Crippen LogP contribution in [0.2, 0.25) is 0 Å². The maximum absolute atomic E-state index is 10.9. The number of nitriles is 1. The van der Waals surface area contributed by atoms with E-state index in [0.717, 1.165) is 10.5 Å². The normalized spacial score (nSPS) is 11.0. The molecule has 0 unspecified atom stereocenters. The molecule has 0 aromatic heterocycles. The SMILES string of the molecule is N#C/C(=C/c1ccc(Sc2ccccc2)cc1)c1ccc(C(=O)O)cc1. The third kappa shape index (κ3) is 4.41. The summed E-state index contributed by atoms with van der Waals surface area (Å²) in [6.07, 6.45) is 1.80. The lowest BCUT2D eigenvalue weighted by Crippen LogP contribution is -1.95. The van der Waals surface area contributed by atoms with Crippen molar-refractivity contribution in [2.24, 2.45) is 0 Å². The minimum atomic E-state index is -0.981. The number of nitrogens with zero attached hydrogens (tertiary/aromatic N) is 1. The Hall–Kier alpha value is -3.29. The quantitative estimate of drug-likeness (QED) is 0.477. The lowest BCUT2D eigenvalue weighted by molar-refractivity contribution is 0.0697. The Morgan fingerprint density at radius 1 is 0.846 bits per heavy atom. The topological polar surface area (TPSA) is 61.1 Å². The van der Waals surface area contributed by atoms with Gasteiger partial charge in [0, 0.05) is 9.79 Å². The summed E-state index contributed by atoms with van der Waals surface area (Å²) >= 11 is 1.68. The highest BCUT2D eigenvalue weighted by molar-refractivity contribution is 7.99.